The maximum absolute atomic E-state index is 12.9. The summed E-state index contributed by atoms with van der Waals surface area (Å²) in [4.78, 5) is 0. The van der Waals surface area contributed by atoms with Crippen molar-refractivity contribution in [2.75, 3.05) is 13.2 Å². The van der Waals surface area contributed by atoms with E-state index in [1.54, 1.807) is 12.1 Å². The standard InChI is InChI=1S/C20H25F3NSi.HI/c1-24(14-25(2,3)4)13-16-7-5-6-8-18(16)19(24)15-9-11-17(12-10-15)20(21,22)23;/h5-12,19H,13-14H2,1-4H3;1H/q+1;/p-1/t19-,24-;/m0./s1. The fraction of sp³-hybridized carbons (Fsp3) is 0.400. The van der Waals surface area contributed by atoms with Gasteiger partial charge in [0.05, 0.1) is 18.8 Å². The second-order valence-electron chi connectivity index (χ2n) is 8.58. The highest BCUT2D eigenvalue weighted by Crippen LogP contribution is 2.44. The molecule has 0 spiro atoms. The quantitative estimate of drug-likeness (QED) is 0.352. The first-order valence-electron chi connectivity index (χ1n) is 8.59. The predicted octanol–water partition coefficient (Wildman–Crippen LogP) is 2.64. The highest BCUT2D eigenvalue weighted by Gasteiger charge is 2.45. The number of rotatable bonds is 3. The molecule has 0 aliphatic carbocycles. The van der Waals surface area contributed by atoms with E-state index >= 15 is 0 Å². The molecule has 0 radical (unpaired) electrons. The van der Waals surface area contributed by atoms with E-state index in [4.69, 9.17) is 0 Å². The summed E-state index contributed by atoms with van der Waals surface area (Å²) in [5.41, 5.74) is 2.96. The fourth-order valence-corrected chi connectivity index (χ4v) is 6.85. The van der Waals surface area contributed by atoms with Crippen LogP contribution in [0.2, 0.25) is 19.6 Å². The van der Waals surface area contributed by atoms with Crippen molar-refractivity contribution in [3.63, 3.8) is 0 Å². The van der Waals surface area contributed by atoms with Crippen LogP contribution in [-0.4, -0.2) is 25.8 Å². The number of quaternary nitrogens is 1. The van der Waals surface area contributed by atoms with Gasteiger partial charge in [-0.15, -0.1) is 0 Å². The summed E-state index contributed by atoms with van der Waals surface area (Å²) in [6, 6.07) is 14.2. The van der Waals surface area contributed by atoms with Gasteiger partial charge >= 0.3 is 6.18 Å². The maximum Gasteiger partial charge on any atom is 0.416 e. The number of benzene rings is 2. The van der Waals surface area contributed by atoms with Gasteiger partial charge in [0.15, 0.2) is 0 Å². The van der Waals surface area contributed by atoms with Gasteiger partial charge in [-0.3, -0.25) is 0 Å². The first-order valence-corrected chi connectivity index (χ1v) is 12.3. The smallest absolute Gasteiger partial charge is 0.416 e. The van der Waals surface area contributed by atoms with Crippen LogP contribution in [-0.2, 0) is 12.7 Å². The van der Waals surface area contributed by atoms with E-state index in [2.05, 4.69) is 38.8 Å². The van der Waals surface area contributed by atoms with Crippen LogP contribution in [0.25, 0.3) is 0 Å². The Morgan fingerprint density at radius 3 is 2.12 bits per heavy atom. The van der Waals surface area contributed by atoms with Gasteiger partial charge in [0, 0.05) is 16.7 Å². The molecule has 0 N–H and O–H groups in total. The van der Waals surface area contributed by atoms with Crippen LogP contribution in [0, 0.1) is 0 Å². The van der Waals surface area contributed by atoms with Gasteiger partial charge in [-0.05, 0) is 12.1 Å². The van der Waals surface area contributed by atoms with Crippen LogP contribution in [0.15, 0.2) is 48.5 Å². The summed E-state index contributed by atoms with van der Waals surface area (Å²) < 4.78 is 39.6. The SMILES string of the molecule is C[N@@+]1(C[Si](C)(C)C)Cc2ccccc2[C@@H]1c1ccc(C(F)(F)F)cc1.[I-]. The Morgan fingerprint density at radius 2 is 1.58 bits per heavy atom. The topological polar surface area (TPSA) is 0 Å². The lowest BCUT2D eigenvalue weighted by atomic mass is 9.96. The van der Waals surface area contributed by atoms with Crippen LogP contribution >= 0.6 is 0 Å². The molecule has 1 aliphatic rings. The molecule has 2 atom stereocenters. The van der Waals surface area contributed by atoms with Gasteiger partial charge in [-0.2, -0.15) is 13.2 Å². The molecule has 142 valence electrons. The zero-order valence-corrected chi connectivity index (χ0v) is 18.7. The number of alkyl halides is 3. The first-order chi connectivity index (χ1) is 11.5. The van der Waals surface area contributed by atoms with Crippen molar-refractivity contribution in [2.45, 2.75) is 38.4 Å². The average molecular weight is 491 g/mol. The van der Waals surface area contributed by atoms with Crippen molar-refractivity contribution >= 4 is 8.07 Å². The van der Waals surface area contributed by atoms with Crippen LogP contribution in [0.5, 0.6) is 0 Å². The third-order valence-corrected chi connectivity index (χ3v) is 6.56. The summed E-state index contributed by atoms with van der Waals surface area (Å²) in [6.45, 7) is 7.99. The van der Waals surface area contributed by atoms with Gasteiger partial charge in [-0.1, -0.05) is 56.0 Å². The van der Waals surface area contributed by atoms with Crippen molar-refractivity contribution in [3.05, 3.63) is 70.8 Å². The highest BCUT2D eigenvalue weighted by atomic mass is 127. The van der Waals surface area contributed by atoms with E-state index in [0.29, 0.717) is 0 Å². The van der Waals surface area contributed by atoms with E-state index in [1.165, 1.54) is 23.3 Å². The number of hydrogen-bond donors (Lipinski definition) is 0. The first kappa shape index (κ1) is 21.4. The Morgan fingerprint density at radius 1 is 1.00 bits per heavy atom. The summed E-state index contributed by atoms with van der Waals surface area (Å²) in [5, 5.41) is 0. The molecule has 6 heteroatoms. The molecule has 2 aromatic carbocycles. The largest absolute Gasteiger partial charge is 1.00 e. The lowest BCUT2D eigenvalue weighted by Crippen LogP contribution is -3.00. The van der Waals surface area contributed by atoms with Crippen molar-refractivity contribution in [1.82, 2.24) is 0 Å². The van der Waals surface area contributed by atoms with E-state index in [1.807, 2.05) is 12.1 Å². The fourth-order valence-electron chi connectivity index (χ4n) is 4.39. The van der Waals surface area contributed by atoms with Gasteiger partial charge in [0.25, 0.3) is 0 Å². The second-order valence-corrected chi connectivity index (χ2v) is 14.0. The zero-order valence-electron chi connectivity index (χ0n) is 15.6. The molecule has 0 fully saturated rings. The molecular formula is C20H25F3INSi. The lowest BCUT2D eigenvalue weighted by Gasteiger charge is -2.40. The predicted molar refractivity (Wildman–Crippen MR) is 97.8 cm³/mol. The third kappa shape index (κ3) is 4.34. The number of nitrogens with zero attached hydrogens (tertiary/aromatic N) is 1. The molecule has 3 rings (SSSR count). The number of fused-ring (bicyclic) bond motifs is 1. The minimum Gasteiger partial charge on any atom is -1.00 e. The summed E-state index contributed by atoms with van der Waals surface area (Å²) in [5.74, 6) is 0. The highest BCUT2D eigenvalue weighted by molar-refractivity contribution is 6.76. The number of halogens is 4. The molecule has 0 bridgehead atoms. The molecule has 26 heavy (non-hydrogen) atoms. The van der Waals surface area contributed by atoms with E-state index < -0.39 is 19.8 Å². The summed E-state index contributed by atoms with van der Waals surface area (Å²) >= 11 is 0. The van der Waals surface area contributed by atoms with Gasteiger partial charge < -0.3 is 28.5 Å². The van der Waals surface area contributed by atoms with Crippen LogP contribution < -0.4 is 24.0 Å². The van der Waals surface area contributed by atoms with Gasteiger partial charge in [0.1, 0.15) is 20.7 Å². The van der Waals surface area contributed by atoms with Crippen LogP contribution in [0.1, 0.15) is 28.3 Å². The molecule has 1 aliphatic heterocycles. The van der Waals surface area contributed by atoms with E-state index in [9.17, 15) is 13.2 Å². The average Bonchev–Trinajstić information content (AvgIpc) is 2.75. The van der Waals surface area contributed by atoms with Crippen LogP contribution in [0.4, 0.5) is 13.2 Å². The molecule has 2 aromatic rings. The van der Waals surface area contributed by atoms with Crippen LogP contribution in [0.3, 0.4) is 0 Å². The Labute approximate surface area is 171 Å². The molecule has 0 saturated heterocycles. The van der Waals surface area contributed by atoms with E-state index in [0.717, 1.165) is 22.8 Å². The van der Waals surface area contributed by atoms with Gasteiger partial charge in [-0.25, -0.2) is 0 Å². The zero-order chi connectivity index (χ0) is 18.5. The molecular weight excluding hydrogens is 466 g/mol. The maximum atomic E-state index is 12.9. The van der Waals surface area contributed by atoms with Crippen molar-refractivity contribution < 1.29 is 41.6 Å². The van der Waals surface area contributed by atoms with E-state index in [-0.39, 0.29) is 30.0 Å². The Bertz CT molecular complexity index is 768. The molecule has 1 nitrogen and oxygen atoms in total. The van der Waals surface area contributed by atoms with Crippen molar-refractivity contribution in [2.24, 2.45) is 0 Å². The summed E-state index contributed by atoms with van der Waals surface area (Å²) in [6.07, 6.45) is -3.20. The Kier molecular flexibility index (Phi) is 6.00. The second kappa shape index (κ2) is 7.28. The normalized spacial score (nSPS) is 22.7. The minimum absolute atomic E-state index is 0. The minimum atomic E-state index is -4.29. The number of hydrogen-bond acceptors (Lipinski definition) is 0. The molecule has 0 saturated carbocycles. The van der Waals surface area contributed by atoms with Crippen molar-refractivity contribution in [3.8, 4) is 0 Å². The molecule has 0 amide bonds. The Hall–Kier alpha value is -0.863. The Balaban J connectivity index is 0.00000243. The molecule has 0 unspecified atom stereocenters. The third-order valence-electron chi connectivity index (χ3n) is 4.89. The van der Waals surface area contributed by atoms with Gasteiger partial charge in [0.2, 0.25) is 0 Å². The monoisotopic (exact) mass is 491 g/mol. The summed E-state index contributed by atoms with van der Waals surface area (Å²) in [7, 11) is 0.894. The van der Waals surface area contributed by atoms with Crippen molar-refractivity contribution in [1.29, 1.82) is 0 Å². The molecule has 1 heterocycles. The lowest BCUT2D eigenvalue weighted by molar-refractivity contribution is -0.930. The molecule has 0 aromatic heterocycles.